The molecule has 2 aliphatic heterocycles. The van der Waals surface area contributed by atoms with Crippen molar-refractivity contribution in [2.45, 2.75) is 85.1 Å². The molecule has 2 heterocycles. The van der Waals surface area contributed by atoms with Gasteiger partial charge in [0.25, 0.3) is 5.91 Å². The SMILES string of the molecule is CC(=O)N1CCCCCCCN(CCC(C)C)Cc2cc(C(=O)NCCCN3CCCC3)ccc21. The van der Waals surface area contributed by atoms with Gasteiger partial charge in [0.2, 0.25) is 5.91 Å². The van der Waals surface area contributed by atoms with Crippen LogP contribution in [0.5, 0.6) is 0 Å². The van der Waals surface area contributed by atoms with Gasteiger partial charge in [-0.1, -0.05) is 33.1 Å². The summed E-state index contributed by atoms with van der Waals surface area (Å²) in [5.41, 5.74) is 2.76. The first-order valence-electron chi connectivity index (χ1n) is 14.1. The standard InChI is InChI=1S/C29H48N4O2/c1-24(2)14-21-32-18-7-5-4-6-8-20-33(25(3)34)28-13-12-26(22-27(28)23-32)29(35)30-15-11-19-31-16-9-10-17-31/h12-13,22,24H,4-11,14-21,23H2,1-3H3,(H,30,35). The van der Waals surface area contributed by atoms with E-state index in [1.165, 1.54) is 45.2 Å². The van der Waals surface area contributed by atoms with Crippen LogP contribution in [0.15, 0.2) is 18.2 Å². The number of likely N-dealkylation sites (tertiary alicyclic amines) is 1. The largest absolute Gasteiger partial charge is 0.352 e. The van der Waals surface area contributed by atoms with Gasteiger partial charge < -0.3 is 15.1 Å². The smallest absolute Gasteiger partial charge is 0.251 e. The zero-order chi connectivity index (χ0) is 25.0. The fourth-order valence-electron chi connectivity index (χ4n) is 5.26. The minimum Gasteiger partial charge on any atom is -0.352 e. The second-order valence-corrected chi connectivity index (χ2v) is 10.9. The first-order valence-corrected chi connectivity index (χ1v) is 14.1. The van der Waals surface area contributed by atoms with Crippen molar-refractivity contribution in [1.29, 1.82) is 0 Å². The Morgan fingerprint density at radius 3 is 2.26 bits per heavy atom. The van der Waals surface area contributed by atoms with Gasteiger partial charge in [-0.3, -0.25) is 14.5 Å². The summed E-state index contributed by atoms with van der Waals surface area (Å²) in [7, 11) is 0. The molecule has 0 radical (unpaired) electrons. The highest BCUT2D eigenvalue weighted by Gasteiger charge is 2.20. The Morgan fingerprint density at radius 2 is 1.54 bits per heavy atom. The molecule has 35 heavy (non-hydrogen) atoms. The van der Waals surface area contributed by atoms with E-state index in [-0.39, 0.29) is 11.8 Å². The second kappa shape index (κ2) is 14.6. The number of carbonyl (C=O) groups excluding carboxylic acids is 2. The molecule has 0 atom stereocenters. The normalized spacial score (nSPS) is 18.7. The van der Waals surface area contributed by atoms with Gasteiger partial charge in [0.1, 0.15) is 0 Å². The maximum absolute atomic E-state index is 13.0. The number of hydrogen-bond acceptors (Lipinski definition) is 4. The van der Waals surface area contributed by atoms with Crippen molar-refractivity contribution in [2.75, 3.05) is 50.7 Å². The van der Waals surface area contributed by atoms with E-state index < -0.39 is 0 Å². The third-order valence-corrected chi connectivity index (χ3v) is 7.42. The van der Waals surface area contributed by atoms with Gasteiger partial charge in [0.15, 0.2) is 0 Å². The monoisotopic (exact) mass is 484 g/mol. The molecule has 1 aromatic rings. The lowest BCUT2D eigenvalue weighted by Crippen LogP contribution is -2.33. The highest BCUT2D eigenvalue weighted by molar-refractivity contribution is 5.97. The summed E-state index contributed by atoms with van der Waals surface area (Å²) < 4.78 is 0. The van der Waals surface area contributed by atoms with E-state index in [1.54, 1.807) is 6.92 Å². The van der Waals surface area contributed by atoms with E-state index in [0.717, 1.165) is 69.7 Å². The molecule has 1 aromatic carbocycles. The maximum atomic E-state index is 13.0. The third-order valence-electron chi connectivity index (χ3n) is 7.42. The predicted molar refractivity (Wildman–Crippen MR) is 145 cm³/mol. The summed E-state index contributed by atoms with van der Waals surface area (Å²) in [5, 5.41) is 3.12. The van der Waals surface area contributed by atoms with Crippen molar-refractivity contribution in [3.05, 3.63) is 29.3 Å². The van der Waals surface area contributed by atoms with Gasteiger partial charge >= 0.3 is 0 Å². The Bertz CT molecular complexity index is 804. The number of hydrogen-bond donors (Lipinski definition) is 1. The first-order chi connectivity index (χ1) is 16.9. The van der Waals surface area contributed by atoms with Crippen molar-refractivity contribution < 1.29 is 9.59 Å². The van der Waals surface area contributed by atoms with Crippen LogP contribution in [0.1, 0.15) is 94.5 Å². The summed E-state index contributed by atoms with van der Waals surface area (Å²) in [6, 6.07) is 5.94. The van der Waals surface area contributed by atoms with Crippen LogP contribution in [0.3, 0.4) is 0 Å². The van der Waals surface area contributed by atoms with E-state index >= 15 is 0 Å². The fourth-order valence-corrected chi connectivity index (χ4v) is 5.26. The zero-order valence-electron chi connectivity index (χ0n) is 22.5. The Hall–Kier alpha value is -1.92. The van der Waals surface area contributed by atoms with Crippen molar-refractivity contribution in [1.82, 2.24) is 15.1 Å². The number of fused-ring (bicyclic) bond motifs is 1. The highest BCUT2D eigenvalue weighted by Crippen LogP contribution is 2.26. The lowest BCUT2D eigenvalue weighted by Gasteiger charge is -2.29. The molecule has 2 amide bonds. The van der Waals surface area contributed by atoms with Gasteiger partial charge in [-0.15, -0.1) is 0 Å². The van der Waals surface area contributed by atoms with Gasteiger partial charge in [0, 0.05) is 37.8 Å². The second-order valence-electron chi connectivity index (χ2n) is 10.9. The molecule has 6 heteroatoms. The van der Waals surface area contributed by atoms with Crippen LogP contribution in [0.2, 0.25) is 0 Å². The molecular weight excluding hydrogens is 436 g/mol. The van der Waals surface area contributed by atoms with Crippen LogP contribution in [0.25, 0.3) is 0 Å². The zero-order valence-corrected chi connectivity index (χ0v) is 22.5. The molecule has 196 valence electrons. The van der Waals surface area contributed by atoms with Gasteiger partial charge in [-0.2, -0.15) is 0 Å². The minimum atomic E-state index is -0.0107. The predicted octanol–water partition coefficient (Wildman–Crippen LogP) is 5.07. The van der Waals surface area contributed by atoms with Gasteiger partial charge in [0.05, 0.1) is 0 Å². The fraction of sp³-hybridized carbons (Fsp3) is 0.724. The molecule has 0 bridgehead atoms. The molecule has 3 rings (SSSR count). The third kappa shape index (κ3) is 9.23. The topological polar surface area (TPSA) is 55.9 Å². The molecule has 0 aliphatic carbocycles. The average Bonchev–Trinajstić information content (AvgIpc) is 3.34. The number of nitrogens with zero attached hydrogens (tertiary/aromatic N) is 3. The number of amides is 2. The van der Waals surface area contributed by atoms with Gasteiger partial charge in [-0.25, -0.2) is 0 Å². The minimum absolute atomic E-state index is 0.0107. The summed E-state index contributed by atoms with van der Waals surface area (Å²) >= 11 is 0. The van der Waals surface area contributed by atoms with Crippen molar-refractivity contribution >= 4 is 17.5 Å². The van der Waals surface area contributed by atoms with E-state index in [2.05, 4.69) is 29.0 Å². The van der Waals surface area contributed by atoms with E-state index in [1.807, 2.05) is 23.1 Å². The molecule has 2 aliphatic rings. The lowest BCUT2D eigenvalue weighted by molar-refractivity contribution is -0.116. The Labute approximate surface area is 213 Å². The average molecular weight is 485 g/mol. The van der Waals surface area contributed by atoms with Crippen LogP contribution < -0.4 is 10.2 Å². The summed E-state index contributed by atoms with van der Waals surface area (Å²) in [4.78, 5) is 32.5. The van der Waals surface area contributed by atoms with E-state index in [9.17, 15) is 9.59 Å². The number of benzene rings is 1. The molecular formula is C29H48N4O2. The number of nitrogens with one attached hydrogen (secondary N) is 1. The number of rotatable bonds is 8. The van der Waals surface area contributed by atoms with Crippen LogP contribution >= 0.6 is 0 Å². The van der Waals surface area contributed by atoms with Crippen molar-refractivity contribution in [2.24, 2.45) is 5.92 Å². The number of anilines is 1. The Kier molecular flexibility index (Phi) is 11.5. The van der Waals surface area contributed by atoms with E-state index in [0.29, 0.717) is 18.0 Å². The summed E-state index contributed by atoms with van der Waals surface area (Å²) in [5.74, 6) is 0.724. The van der Waals surface area contributed by atoms with Crippen LogP contribution in [-0.2, 0) is 11.3 Å². The molecule has 1 saturated heterocycles. The molecule has 1 N–H and O–H groups in total. The molecule has 0 spiro atoms. The molecule has 6 nitrogen and oxygen atoms in total. The lowest BCUT2D eigenvalue weighted by atomic mass is 10.0. The first kappa shape index (κ1) is 27.7. The summed E-state index contributed by atoms with van der Waals surface area (Å²) in [6.07, 6.45) is 10.6. The van der Waals surface area contributed by atoms with Crippen LogP contribution in [-0.4, -0.2) is 67.4 Å². The molecule has 0 aromatic heterocycles. The Morgan fingerprint density at radius 1 is 0.886 bits per heavy atom. The Balaban J connectivity index is 1.75. The van der Waals surface area contributed by atoms with Crippen molar-refractivity contribution in [3.63, 3.8) is 0 Å². The maximum Gasteiger partial charge on any atom is 0.251 e. The van der Waals surface area contributed by atoms with Crippen LogP contribution in [0.4, 0.5) is 5.69 Å². The summed E-state index contributed by atoms with van der Waals surface area (Å²) in [6.45, 7) is 14.0. The number of carbonyl (C=O) groups is 2. The van der Waals surface area contributed by atoms with Crippen LogP contribution in [0, 0.1) is 5.92 Å². The van der Waals surface area contributed by atoms with Gasteiger partial charge in [-0.05, 0) is 101 Å². The molecule has 0 saturated carbocycles. The highest BCUT2D eigenvalue weighted by atomic mass is 16.2. The molecule has 0 unspecified atom stereocenters. The van der Waals surface area contributed by atoms with Crippen molar-refractivity contribution in [3.8, 4) is 0 Å². The molecule has 1 fully saturated rings. The quantitative estimate of drug-likeness (QED) is 0.524. The van der Waals surface area contributed by atoms with E-state index in [4.69, 9.17) is 0 Å².